The molecular weight excluding hydrogens is 442 g/mol. The summed E-state index contributed by atoms with van der Waals surface area (Å²) in [6.07, 6.45) is 0.0785. The fourth-order valence-electron chi connectivity index (χ4n) is 3.74. The molecule has 3 aromatic rings. The predicted molar refractivity (Wildman–Crippen MR) is 132 cm³/mol. The van der Waals surface area contributed by atoms with E-state index in [1.807, 2.05) is 55.5 Å². The van der Waals surface area contributed by atoms with E-state index in [2.05, 4.69) is 0 Å². The Hall–Kier alpha value is -3.28. The first-order chi connectivity index (χ1) is 15.4. The molecule has 1 aliphatic rings. The Morgan fingerprint density at radius 1 is 0.969 bits per heavy atom. The van der Waals surface area contributed by atoms with E-state index in [9.17, 15) is 9.59 Å². The molecule has 160 valence electrons. The second kappa shape index (κ2) is 9.07. The Morgan fingerprint density at radius 2 is 1.62 bits per heavy atom. The summed E-state index contributed by atoms with van der Waals surface area (Å²) in [5.41, 5.74) is 5.10. The van der Waals surface area contributed by atoms with Gasteiger partial charge in [0.25, 0.3) is 5.91 Å². The van der Waals surface area contributed by atoms with Gasteiger partial charge in [-0.15, -0.1) is 0 Å². The number of amides is 1. The number of carbonyl (C=O) groups excluding carboxylic acids is 2. The summed E-state index contributed by atoms with van der Waals surface area (Å²) in [6, 6.07) is 22.2. The number of carbonyl (C=O) groups is 2. The largest absolute Gasteiger partial charge is 0.469 e. The SMILES string of the molecule is COC(=O)Cc1ccccc1C1=C(c2ccc(C)cc2)C(=O)N(c2ccc(Cl)cc2)C1=S. The summed E-state index contributed by atoms with van der Waals surface area (Å²) in [7, 11) is 1.36. The van der Waals surface area contributed by atoms with Crippen molar-refractivity contribution in [3.63, 3.8) is 0 Å². The van der Waals surface area contributed by atoms with Gasteiger partial charge in [-0.2, -0.15) is 0 Å². The van der Waals surface area contributed by atoms with Crippen molar-refractivity contribution in [2.24, 2.45) is 0 Å². The number of aryl methyl sites for hydroxylation is 1. The van der Waals surface area contributed by atoms with Gasteiger partial charge in [0, 0.05) is 10.6 Å². The van der Waals surface area contributed by atoms with Crippen molar-refractivity contribution in [3.05, 3.63) is 100 Å². The Balaban J connectivity index is 1.92. The highest BCUT2D eigenvalue weighted by Gasteiger charge is 2.38. The molecule has 1 heterocycles. The number of hydrogen-bond acceptors (Lipinski definition) is 4. The van der Waals surface area contributed by atoms with Crippen molar-refractivity contribution in [2.75, 3.05) is 12.0 Å². The molecule has 0 unspecified atom stereocenters. The molecule has 3 aromatic carbocycles. The van der Waals surface area contributed by atoms with Crippen molar-refractivity contribution in [1.82, 2.24) is 0 Å². The topological polar surface area (TPSA) is 46.6 Å². The van der Waals surface area contributed by atoms with Gasteiger partial charge in [0.05, 0.1) is 24.8 Å². The van der Waals surface area contributed by atoms with Gasteiger partial charge in [0.1, 0.15) is 4.99 Å². The predicted octanol–water partition coefficient (Wildman–Crippen LogP) is 5.65. The molecular formula is C26H20ClNO3S. The zero-order chi connectivity index (χ0) is 22.8. The number of ether oxygens (including phenoxy) is 1. The van der Waals surface area contributed by atoms with Gasteiger partial charge in [0.2, 0.25) is 0 Å². The van der Waals surface area contributed by atoms with Gasteiger partial charge in [-0.05, 0) is 47.9 Å². The molecule has 0 aromatic heterocycles. The number of benzene rings is 3. The molecule has 6 heteroatoms. The van der Waals surface area contributed by atoms with Crippen molar-refractivity contribution in [3.8, 4) is 0 Å². The number of anilines is 1. The zero-order valence-electron chi connectivity index (χ0n) is 17.6. The van der Waals surface area contributed by atoms with E-state index in [-0.39, 0.29) is 18.3 Å². The number of halogens is 1. The minimum absolute atomic E-state index is 0.0785. The standard InChI is InChI=1S/C26H20ClNO3S/c1-16-7-9-17(10-8-16)23-24(21-6-4-3-5-18(21)15-22(29)31-2)26(32)28(25(23)30)20-13-11-19(27)12-14-20/h3-14H,15H2,1-2H3. The summed E-state index contributed by atoms with van der Waals surface area (Å²) in [6.45, 7) is 1.99. The summed E-state index contributed by atoms with van der Waals surface area (Å²) in [4.78, 5) is 27.7. The van der Waals surface area contributed by atoms with Crippen LogP contribution in [0.15, 0.2) is 72.8 Å². The molecule has 0 atom stereocenters. The average molecular weight is 462 g/mol. The van der Waals surface area contributed by atoms with Crippen molar-refractivity contribution in [1.29, 1.82) is 0 Å². The monoisotopic (exact) mass is 461 g/mol. The molecule has 0 aliphatic carbocycles. The maximum absolute atomic E-state index is 13.7. The molecule has 0 N–H and O–H groups in total. The van der Waals surface area contributed by atoms with Crippen LogP contribution in [-0.2, 0) is 20.7 Å². The van der Waals surface area contributed by atoms with Crippen LogP contribution in [0.3, 0.4) is 0 Å². The number of rotatable bonds is 5. The lowest BCUT2D eigenvalue weighted by atomic mass is 9.92. The minimum atomic E-state index is -0.361. The van der Waals surface area contributed by atoms with E-state index in [1.165, 1.54) is 12.0 Å². The van der Waals surface area contributed by atoms with Crippen LogP contribution in [0.1, 0.15) is 22.3 Å². The Kier molecular flexibility index (Phi) is 6.21. The van der Waals surface area contributed by atoms with Crippen LogP contribution in [0, 0.1) is 6.92 Å². The molecule has 0 radical (unpaired) electrons. The Bertz CT molecular complexity index is 1250. The molecule has 0 fully saturated rings. The quantitative estimate of drug-likeness (QED) is 0.364. The first kappa shape index (κ1) is 21.9. The fraction of sp³-hybridized carbons (Fsp3) is 0.115. The van der Waals surface area contributed by atoms with Crippen molar-refractivity contribution >= 4 is 57.5 Å². The molecule has 0 saturated heterocycles. The zero-order valence-corrected chi connectivity index (χ0v) is 19.2. The molecule has 4 nitrogen and oxygen atoms in total. The van der Waals surface area contributed by atoms with Gasteiger partial charge < -0.3 is 4.74 Å². The van der Waals surface area contributed by atoms with Gasteiger partial charge in [-0.1, -0.05) is 77.9 Å². The number of thiocarbonyl (C=S) groups is 1. The van der Waals surface area contributed by atoms with Crippen LogP contribution in [0.2, 0.25) is 5.02 Å². The van der Waals surface area contributed by atoms with Crippen molar-refractivity contribution < 1.29 is 14.3 Å². The van der Waals surface area contributed by atoms with Gasteiger partial charge in [0.15, 0.2) is 0 Å². The van der Waals surface area contributed by atoms with Crippen LogP contribution < -0.4 is 4.90 Å². The molecule has 0 bridgehead atoms. The maximum atomic E-state index is 13.7. The van der Waals surface area contributed by atoms with Crippen molar-refractivity contribution in [2.45, 2.75) is 13.3 Å². The van der Waals surface area contributed by atoms with Gasteiger partial charge in [-0.25, -0.2) is 0 Å². The van der Waals surface area contributed by atoms with Crippen LogP contribution in [-0.4, -0.2) is 24.0 Å². The van der Waals surface area contributed by atoms with E-state index in [0.717, 1.165) is 22.3 Å². The maximum Gasteiger partial charge on any atom is 0.309 e. The second-order valence-electron chi connectivity index (χ2n) is 7.45. The van der Waals surface area contributed by atoms with E-state index in [4.69, 9.17) is 28.6 Å². The molecule has 32 heavy (non-hydrogen) atoms. The molecule has 1 amide bonds. The minimum Gasteiger partial charge on any atom is -0.469 e. The van der Waals surface area contributed by atoms with Crippen LogP contribution in [0.4, 0.5) is 5.69 Å². The lowest BCUT2D eigenvalue weighted by molar-refractivity contribution is -0.139. The summed E-state index contributed by atoms with van der Waals surface area (Å²) >= 11 is 11.9. The van der Waals surface area contributed by atoms with E-state index in [0.29, 0.717) is 26.8 Å². The molecule has 4 rings (SSSR count). The highest BCUT2D eigenvalue weighted by molar-refractivity contribution is 7.82. The summed E-state index contributed by atoms with van der Waals surface area (Å²) in [5, 5.41) is 0.571. The van der Waals surface area contributed by atoms with Gasteiger partial charge >= 0.3 is 5.97 Å². The van der Waals surface area contributed by atoms with Crippen LogP contribution in [0.25, 0.3) is 11.1 Å². The average Bonchev–Trinajstić information content (AvgIpc) is 3.05. The van der Waals surface area contributed by atoms with E-state index >= 15 is 0 Å². The lowest BCUT2D eigenvalue weighted by Gasteiger charge is -2.18. The number of nitrogens with zero attached hydrogens (tertiary/aromatic N) is 1. The van der Waals surface area contributed by atoms with Gasteiger partial charge in [-0.3, -0.25) is 14.5 Å². The third kappa shape index (κ3) is 4.09. The third-order valence-corrected chi connectivity index (χ3v) is 6.00. The molecule has 1 aliphatic heterocycles. The molecule has 0 saturated carbocycles. The highest BCUT2D eigenvalue weighted by Crippen LogP contribution is 2.40. The third-order valence-electron chi connectivity index (χ3n) is 5.36. The summed E-state index contributed by atoms with van der Waals surface area (Å²) in [5.74, 6) is -0.580. The van der Waals surface area contributed by atoms with E-state index < -0.39 is 0 Å². The Labute approximate surface area is 197 Å². The summed E-state index contributed by atoms with van der Waals surface area (Å²) < 4.78 is 4.87. The highest BCUT2D eigenvalue weighted by atomic mass is 35.5. The normalized spacial score (nSPS) is 13.7. The Morgan fingerprint density at radius 3 is 2.28 bits per heavy atom. The smallest absolute Gasteiger partial charge is 0.309 e. The molecule has 0 spiro atoms. The first-order valence-corrected chi connectivity index (χ1v) is 10.8. The first-order valence-electron chi connectivity index (χ1n) is 10.0. The lowest BCUT2D eigenvalue weighted by Crippen LogP contribution is -2.30. The fourth-order valence-corrected chi connectivity index (χ4v) is 4.26. The van der Waals surface area contributed by atoms with Crippen LogP contribution in [0.5, 0.6) is 0 Å². The number of esters is 1. The van der Waals surface area contributed by atoms with Crippen LogP contribution >= 0.6 is 23.8 Å². The van der Waals surface area contributed by atoms with E-state index in [1.54, 1.807) is 24.3 Å². The number of methoxy groups -OCH3 is 1. The number of hydrogen-bond donors (Lipinski definition) is 0. The second-order valence-corrected chi connectivity index (χ2v) is 8.27.